The zero-order chi connectivity index (χ0) is 17.2. The van der Waals surface area contributed by atoms with Gasteiger partial charge in [-0.15, -0.1) is 0 Å². The number of carbonyl (C=O) groups excluding carboxylic acids is 1. The number of rotatable bonds is 9. The van der Waals surface area contributed by atoms with E-state index in [0.29, 0.717) is 12.3 Å². The summed E-state index contributed by atoms with van der Waals surface area (Å²) in [7, 11) is 0. The van der Waals surface area contributed by atoms with Crippen molar-refractivity contribution in [2.75, 3.05) is 6.61 Å². The van der Waals surface area contributed by atoms with Crippen LogP contribution in [0.15, 0.2) is 24.3 Å². The highest BCUT2D eigenvalue weighted by Gasteiger charge is 2.31. The predicted molar refractivity (Wildman–Crippen MR) is 94.6 cm³/mol. The van der Waals surface area contributed by atoms with E-state index in [2.05, 4.69) is 31.2 Å². The van der Waals surface area contributed by atoms with Gasteiger partial charge in [-0.25, -0.2) is 0 Å². The van der Waals surface area contributed by atoms with Crippen LogP contribution >= 0.6 is 0 Å². The second-order valence-corrected chi connectivity index (χ2v) is 6.93. The van der Waals surface area contributed by atoms with Crippen molar-refractivity contribution in [3.8, 4) is 0 Å². The Balaban J connectivity index is 1.88. The molecule has 1 heterocycles. The van der Waals surface area contributed by atoms with E-state index >= 15 is 0 Å². The molecule has 0 aromatic rings. The number of aliphatic hydroxyl groups excluding tert-OH is 1. The quantitative estimate of drug-likeness (QED) is 0.514. The molecule has 1 aliphatic heterocycles. The van der Waals surface area contributed by atoms with Crippen molar-refractivity contribution in [1.82, 2.24) is 0 Å². The lowest BCUT2D eigenvalue weighted by Crippen LogP contribution is -2.26. The maximum absolute atomic E-state index is 10.7. The Hall–Kier alpha value is -0.970. The van der Waals surface area contributed by atoms with Crippen molar-refractivity contribution in [2.45, 2.75) is 76.8 Å². The van der Waals surface area contributed by atoms with Crippen LogP contribution in [0.25, 0.3) is 0 Å². The molecule has 136 valence electrons. The van der Waals surface area contributed by atoms with E-state index < -0.39 is 0 Å². The molecule has 4 nitrogen and oxygen atoms in total. The van der Waals surface area contributed by atoms with Gasteiger partial charge in [0.15, 0.2) is 6.29 Å². The maximum Gasteiger partial charge on any atom is 0.158 e. The van der Waals surface area contributed by atoms with Gasteiger partial charge >= 0.3 is 0 Å². The molecular formula is C20H32O4. The van der Waals surface area contributed by atoms with Gasteiger partial charge in [0, 0.05) is 13.0 Å². The molecule has 2 rings (SSSR count). The number of carbonyl (C=O) groups is 1. The first-order valence-electron chi connectivity index (χ1n) is 9.45. The molecular weight excluding hydrogens is 304 g/mol. The summed E-state index contributed by atoms with van der Waals surface area (Å²) >= 11 is 0. The first-order valence-corrected chi connectivity index (χ1v) is 9.45. The Labute approximate surface area is 145 Å². The third-order valence-corrected chi connectivity index (χ3v) is 4.93. The summed E-state index contributed by atoms with van der Waals surface area (Å²) in [5, 5.41) is 10.0. The van der Waals surface area contributed by atoms with E-state index in [1.807, 2.05) is 0 Å². The molecule has 0 spiro atoms. The Bertz CT molecular complexity index is 412. The molecule has 1 saturated heterocycles. The third kappa shape index (κ3) is 6.50. The fourth-order valence-corrected chi connectivity index (χ4v) is 3.55. The summed E-state index contributed by atoms with van der Waals surface area (Å²) in [6, 6.07) is 0. The number of aliphatic hydroxyl groups is 1. The molecule has 0 amide bonds. The molecule has 0 radical (unpaired) electrons. The van der Waals surface area contributed by atoms with Gasteiger partial charge < -0.3 is 19.4 Å². The fourth-order valence-electron chi connectivity index (χ4n) is 3.55. The molecule has 1 saturated carbocycles. The number of ether oxygens (including phenoxy) is 2. The summed E-state index contributed by atoms with van der Waals surface area (Å²) in [5.41, 5.74) is 0. The average molecular weight is 336 g/mol. The van der Waals surface area contributed by atoms with Crippen LogP contribution in [0.4, 0.5) is 0 Å². The van der Waals surface area contributed by atoms with Gasteiger partial charge in [-0.2, -0.15) is 0 Å². The summed E-state index contributed by atoms with van der Waals surface area (Å²) in [4.78, 5) is 10.7. The average Bonchev–Trinajstić information content (AvgIpc) is 2.94. The molecule has 1 N–H and O–H groups in total. The molecule has 1 aliphatic carbocycles. The van der Waals surface area contributed by atoms with Crippen LogP contribution in [0.3, 0.4) is 0 Å². The highest BCUT2D eigenvalue weighted by Crippen LogP contribution is 2.34. The van der Waals surface area contributed by atoms with Crippen LogP contribution in [0.5, 0.6) is 0 Å². The predicted octanol–water partition coefficient (Wildman–Crippen LogP) is 3.79. The summed E-state index contributed by atoms with van der Waals surface area (Å²) in [5.74, 6) is 0.441. The zero-order valence-electron chi connectivity index (χ0n) is 14.8. The van der Waals surface area contributed by atoms with Crippen LogP contribution in [-0.4, -0.2) is 36.5 Å². The highest BCUT2D eigenvalue weighted by molar-refractivity contribution is 5.50. The number of allylic oxidation sites excluding steroid dienone is 2. The Morgan fingerprint density at radius 3 is 2.88 bits per heavy atom. The minimum atomic E-state index is -0.356. The monoisotopic (exact) mass is 336 g/mol. The number of hydrogen-bond donors (Lipinski definition) is 1. The van der Waals surface area contributed by atoms with Crippen molar-refractivity contribution in [3.05, 3.63) is 24.3 Å². The summed E-state index contributed by atoms with van der Waals surface area (Å²) in [6.07, 6.45) is 16.3. The van der Waals surface area contributed by atoms with E-state index in [1.165, 1.54) is 0 Å². The van der Waals surface area contributed by atoms with E-state index in [0.717, 1.165) is 57.8 Å². The molecule has 4 heteroatoms. The Morgan fingerprint density at radius 2 is 2.17 bits per heavy atom. The van der Waals surface area contributed by atoms with Gasteiger partial charge in [0.2, 0.25) is 0 Å². The van der Waals surface area contributed by atoms with Crippen molar-refractivity contribution < 1.29 is 19.4 Å². The van der Waals surface area contributed by atoms with Crippen LogP contribution in [0.2, 0.25) is 0 Å². The van der Waals surface area contributed by atoms with Crippen molar-refractivity contribution in [3.63, 3.8) is 0 Å². The van der Waals surface area contributed by atoms with Crippen molar-refractivity contribution in [1.29, 1.82) is 0 Å². The topological polar surface area (TPSA) is 55.8 Å². The van der Waals surface area contributed by atoms with Crippen LogP contribution in [-0.2, 0) is 14.3 Å². The Kier molecular flexibility index (Phi) is 8.71. The van der Waals surface area contributed by atoms with Crippen molar-refractivity contribution in [2.24, 2.45) is 11.8 Å². The molecule has 24 heavy (non-hydrogen) atoms. The van der Waals surface area contributed by atoms with E-state index in [-0.39, 0.29) is 24.4 Å². The first-order chi connectivity index (χ1) is 11.7. The van der Waals surface area contributed by atoms with E-state index in [4.69, 9.17) is 9.47 Å². The molecule has 2 aliphatic rings. The van der Waals surface area contributed by atoms with E-state index in [9.17, 15) is 9.90 Å². The van der Waals surface area contributed by atoms with Crippen LogP contribution < -0.4 is 0 Å². The molecule has 0 bridgehead atoms. The number of aldehydes is 1. The third-order valence-electron chi connectivity index (χ3n) is 4.93. The standard InChI is InChI=1S/C20H32O4/c1-2-3-4-7-18(24-20-8-5-6-13-23-20)10-9-16-14-17(11-12-21)19(22)15-16/h3-4,9-10,12,16-20,22H,2,5-8,11,13-15H2,1H3/b4-3-,10-9?/t16-,17-,18+,19+,20+/m1/s1. The lowest BCUT2D eigenvalue weighted by Gasteiger charge is -2.26. The van der Waals surface area contributed by atoms with Gasteiger partial charge in [0.05, 0.1) is 12.2 Å². The van der Waals surface area contributed by atoms with Gasteiger partial charge in [-0.3, -0.25) is 0 Å². The SMILES string of the molecule is CC/C=C\C[C@@H](C=C[C@@H]1C[C@@H](CC=O)[C@@H](O)C1)O[C@H]1CCCCO1. The second-order valence-electron chi connectivity index (χ2n) is 6.93. The molecule has 0 aromatic heterocycles. The van der Waals surface area contributed by atoms with Crippen LogP contribution in [0, 0.1) is 11.8 Å². The molecule has 5 atom stereocenters. The lowest BCUT2D eigenvalue weighted by atomic mass is 10.0. The van der Waals surface area contributed by atoms with Crippen LogP contribution in [0.1, 0.15) is 58.3 Å². The largest absolute Gasteiger partial charge is 0.393 e. The Morgan fingerprint density at radius 1 is 1.29 bits per heavy atom. The van der Waals surface area contributed by atoms with Gasteiger partial charge in [-0.1, -0.05) is 31.2 Å². The highest BCUT2D eigenvalue weighted by atomic mass is 16.7. The number of hydrogen-bond acceptors (Lipinski definition) is 4. The fraction of sp³-hybridized carbons (Fsp3) is 0.750. The van der Waals surface area contributed by atoms with Gasteiger partial charge in [-0.05, 0) is 56.8 Å². The van der Waals surface area contributed by atoms with Gasteiger partial charge in [0.25, 0.3) is 0 Å². The second kappa shape index (κ2) is 10.8. The van der Waals surface area contributed by atoms with E-state index in [1.54, 1.807) is 0 Å². The first kappa shape index (κ1) is 19.4. The van der Waals surface area contributed by atoms with Gasteiger partial charge in [0.1, 0.15) is 6.29 Å². The summed E-state index contributed by atoms with van der Waals surface area (Å²) in [6.45, 7) is 2.91. The maximum atomic E-state index is 10.7. The molecule has 0 unspecified atom stereocenters. The smallest absolute Gasteiger partial charge is 0.158 e. The lowest BCUT2D eigenvalue weighted by molar-refractivity contribution is -0.177. The normalized spacial score (nSPS) is 32.6. The molecule has 2 fully saturated rings. The zero-order valence-corrected chi connectivity index (χ0v) is 14.8. The molecule has 0 aromatic carbocycles. The van der Waals surface area contributed by atoms with Crippen molar-refractivity contribution >= 4 is 6.29 Å². The summed E-state index contributed by atoms with van der Waals surface area (Å²) < 4.78 is 11.8. The minimum absolute atomic E-state index is 0.0122. The minimum Gasteiger partial charge on any atom is -0.393 e.